The Morgan fingerprint density at radius 2 is 2.07 bits per heavy atom. The predicted octanol–water partition coefficient (Wildman–Crippen LogP) is 0.803. The van der Waals surface area contributed by atoms with Crippen LogP contribution in [0.2, 0.25) is 0 Å². The molecule has 0 aliphatic rings. The van der Waals surface area contributed by atoms with E-state index in [1.807, 2.05) is 0 Å². The van der Waals surface area contributed by atoms with Crippen LogP contribution in [0.5, 0.6) is 0 Å². The lowest BCUT2D eigenvalue weighted by atomic mass is 10.3. The molecule has 0 amide bonds. The Bertz CT molecular complexity index is 560. The fourth-order valence-electron chi connectivity index (χ4n) is 1.18. The fraction of sp³-hybridized carbons (Fsp3) is 0. The van der Waals surface area contributed by atoms with Gasteiger partial charge in [-0.2, -0.15) is 8.42 Å². The summed E-state index contributed by atoms with van der Waals surface area (Å²) >= 11 is 0. The molecule has 2 aromatic rings. The monoisotopic (exact) mass is 226 g/mol. The zero-order valence-electron chi connectivity index (χ0n) is 7.57. The highest BCUT2D eigenvalue weighted by molar-refractivity contribution is 7.85. The van der Waals surface area contributed by atoms with E-state index in [9.17, 15) is 8.42 Å². The van der Waals surface area contributed by atoms with Crippen molar-refractivity contribution in [1.29, 1.82) is 0 Å². The van der Waals surface area contributed by atoms with Crippen molar-refractivity contribution in [2.75, 3.05) is 0 Å². The van der Waals surface area contributed by atoms with E-state index in [0.29, 0.717) is 5.69 Å². The molecule has 0 aliphatic carbocycles. The van der Waals surface area contributed by atoms with Gasteiger partial charge in [-0.05, 0) is 6.07 Å². The molecule has 1 aromatic carbocycles. The van der Waals surface area contributed by atoms with E-state index in [2.05, 4.69) is 0 Å². The summed E-state index contributed by atoms with van der Waals surface area (Å²) in [5.74, 6) is 0. The van der Waals surface area contributed by atoms with Gasteiger partial charge in [-0.25, -0.2) is 4.52 Å². The molecule has 0 saturated carbocycles. The van der Waals surface area contributed by atoms with Crippen LogP contribution < -0.4 is 4.74 Å². The van der Waals surface area contributed by atoms with Crippen LogP contribution in [0.25, 0.3) is 5.69 Å². The van der Waals surface area contributed by atoms with Crippen molar-refractivity contribution in [3.63, 3.8) is 0 Å². The molecule has 0 fully saturated rings. The van der Waals surface area contributed by atoms with Crippen LogP contribution in [0, 0.1) is 0 Å². The second-order valence-corrected chi connectivity index (χ2v) is 4.30. The molecule has 0 saturated heterocycles. The van der Waals surface area contributed by atoms with Crippen molar-refractivity contribution < 1.29 is 22.2 Å². The standard InChI is InChI=1S/C9H7NO4S/c11-15(12,13)9-4-1-3-8(7-9)10-5-2-6-14-10/h1-7H/p+1. The quantitative estimate of drug-likeness (QED) is 0.607. The Kier molecular flexibility index (Phi) is 2.29. The van der Waals surface area contributed by atoms with Gasteiger partial charge in [-0.3, -0.25) is 4.55 Å². The second-order valence-electron chi connectivity index (χ2n) is 2.88. The number of benzene rings is 1. The summed E-state index contributed by atoms with van der Waals surface area (Å²) in [5.41, 5.74) is 0.523. The molecular weight excluding hydrogens is 218 g/mol. The van der Waals surface area contributed by atoms with Gasteiger partial charge in [0.05, 0.1) is 0 Å². The van der Waals surface area contributed by atoms with Crippen molar-refractivity contribution >= 4 is 10.1 Å². The molecule has 1 N–H and O–H groups in total. The van der Waals surface area contributed by atoms with Crippen LogP contribution >= 0.6 is 0 Å². The minimum absolute atomic E-state index is 0.163. The van der Waals surface area contributed by atoms with Crippen molar-refractivity contribution in [2.24, 2.45) is 0 Å². The van der Waals surface area contributed by atoms with Crippen molar-refractivity contribution in [3.05, 3.63) is 42.8 Å². The van der Waals surface area contributed by atoms with E-state index in [0.717, 1.165) is 0 Å². The zero-order valence-corrected chi connectivity index (χ0v) is 8.39. The Labute approximate surface area is 86.3 Å². The molecule has 15 heavy (non-hydrogen) atoms. The topological polar surface area (TPSA) is 71.4 Å². The molecule has 78 valence electrons. The van der Waals surface area contributed by atoms with Gasteiger partial charge in [0, 0.05) is 22.9 Å². The normalized spacial score (nSPS) is 11.5. The van der Waals surface area contributed by atoms with Crippen LogP contribution in [0.1, 0.15) is 0 Å². The van der Waals surface area contributed by atoms with Gasteiger partial charge in [0.15, 0.2) is 6.26 Å². The van der Waals surface area contributed by atoms with E-state index >= 15 is 0 Å². The maximum absolute atomic E-state index is 10.9. The number of hydrogen-bond donors (Lipinski definition) is 1. The van der Waals surface area contributed by atoms with Crippen LogP contribution in [0.15, 0.2) is 52.2 Å². The summed E-state index contributed by atoms with van der Waals surface area (Å²) in [6.45, 7) is 0. The first-order valence-corrected chi connectivity index (χ1v) is 5.55. The zero-order chi connectivity index (χ0) is 10.9. The number of hydrogen-bond acceptors (Lipinski definition) is 3. The van der Waals surface area contributed by atoms with E-state index in [4.69, 9.17) is 9.08 Å². The molecule has 0 radical (unpaired) electrons. The highest BCUT2D eigenvalue weighted by atomic mass is 32.2. The average molecular weight is 226 g/mol. The Morgan fingerprint density at radius 3 is 2.67 bits per heavy atom. The van der Waals surface area contributed by atoms with Gasteiger partial charge in [0.25, 0.3) is 15.8 Å². The number of rotatable bonds is 2. The van der Waals surface area contributed by atoms with Gasteiger partial charge in [0.2, 0.25) is 6.20 Å². The Morgan fingerprint density at radius 1 is 1.27 bits per heavy atom. The van der Waals surface area contributed by atoms with Crippen molar-refractivity contribution in [3.8, 4) is 5.69 Å². The molecule has 2 rings (SSSR count). The lowest BCUT2D eigenvalue weighted by molar-refractivity contribution is -0.784. The number of aromatic nitrogens is 1. The van der Waals surface area contributed by atoms with Crippen LogP contribution in [0.4, 0.5) is 0 Å². The third-order valence-corrected chi connectivity index (χ3v) is 2.69. The molecule has 0 aliphatic heterocycles. The summed E-state index contributed by atoms with van der Waals surface area (Å²) in [5, 5.41) is 0. The summed E-state index contributed by atoms with van der Waals surface area (Å²) in [6, 6.07) is 7.48. The molecule has 5 nitrogen and oxygen atoms in total. The van der Waals surface area contributed by atoms with Gasteiger partial charge in [-0.15, -0.1) is 0 Å². The average Bonchev–Trinajstić information content (AvgIpc) is 2.69. The van der Waals surface area contributed by atoms with E-state index in [1.165, 1.54) is 29.2 Å². The van der Waals surface area contributed by atoms with Gasteiger partial charge in [-0.1, -0.05) is 6.07 Å². The largest absolute Gasteiger partial charge is 0.294 e. The summed E-state index contributed by atoms with van der Waals surface area (Å²) in [7, 11) is -4.17. The highest BCUT2D eigenvalue weighted by Gasteiger charge is 2.15. The minimum Gasteiger partial charge on any atom is -0.282 e. The molecule has 0 unspecified atom stereocenters. The molecule has 1 heterocycles. The van der Waals surface area contributed by atoms with Crippen LogP contribution in [-0.2, 0) is 10.1 Å². The van der Waals surface area contributed by atoms with Gasteiger partial charge >= 0.3 is 0 Å². The first-order chi connectivity index (χ1) is 7.07. The lowest BCUT2D eigenvalue weighted by Crippen LogP contribution is -2.26. The fourth-order valence-corrected chi connectivity index (χ4v) is 1.70. The molecule has 6 heteroatoms. The van der Waals surface area contributed by atoms with Crippen molar-refractivity contribution in [2.45, 2.75) is 4.90 Å². The Hall–Kier alpha value is -1.66. The van der Waals surface area contributed by atoms with E-state index in [1.54, 1.807) is 18.3 Å². The maximum Gasteiger partial charge on any atom is 0.294 e. The van der Waals surface area contributed by atoms with Crippen LogP contribution in [-0.4, -0.2) is 13.0 Å². The Balaban J connectivity index is 2.53. The van der Waals surface area contributed by atoms with Gasteiger partial charge < -0.3 is 0 Å². The first-order valence-electron chi connectivity index (χ1n) is 4.11. The summed E-state index contributed by atoms with van der Waals surface area (Å²) in [6.07, 6.45) is 3.09. The third-order valence-electron chi connectivity index (χ3n) is 1.84. The number of nitrogens with zero attached hydrogens (tertiary/aromatic N) is 1. The van der Waals surface area contributed by atoms with E-state index in [-0.39, 0.29) is 4.90 Å². The third kappa shape index (κ3) is 2.05. The highest BCUT2D eigenvalue weighted by Crippen LogP contribution is 2.10. The maximum atomic E-state index is 10.9. The van der Waals surface area contributed by atoms with Gasteiger partial charge in [0.1, 0.15) is 4.90 Å². The predicted molar refractivity (Wildman–Crippen MR) is 50.1 cm³/mol. The summed E-state index contributed by atoms with van der Waals surface area (Å²) < 4.78 is 37.0. The van der Waals surface area contributed by atoms with Crippen molar-refractivity contribution in [1.82, 2.24) is 0 Å². The van der Waals surface area contributed by atoms with Crippen LogP contribution in [0.3, 0.4) is 0 Å². The molecule has 0 atom stereocenters. The summed E-state index contributed by atoms with van der Waals surface area (Å²) in [4.78, 5) is -0.163. The molecule has 1 aromatic heterocycles. The molecule has 0 spiro atoms. The smallest absolute Gasteiger partial charge is 0.282 e. The van der Waals surface area contributed by atoms with E-state index < -0.39 is 10.1 Å². The molecular formula is C9H8NO4S+. The lowest BCUT2D eigenvalue weighted by Gasteiger charge is -1.95. The SMILES string of the molecule is O=S(=O)(O)c1cccc(-[n+]2ccco2)c1. The first kappa shape index (κ1) is 9.88. The molecule has 0 bridgehead atoms. The minimum atomic E-state index is -4.17. The second kappa shape index (κ2) is 3.48.